The van der Waals surface area contributed by atoms with Gasteiger partial charge in [0.1, 0.15) is 5.75 Å². The molecule has 0 atom stereocenters. The molecule has 1 amide bonds. The zero-order chi connectivity index (χ0) is 20.5. The van der Waals surface area contributed by atoms with Gasteiger partial charge in [0.2, 0.25) is 0 Å². The van der Waals surface area contributed by atoms with Gasteiger partial charge in [0.15, 0.2) is 11.5 Å². The summed E-state index contributed by atoms with van der Waals surface area (Å²) in [5, 5.41) is 13.7. The zero-order valence-corrected chi connectivity index (χ0v) is 16.2. The number of hydrogen-bond acceptors (Lipinski definition) is 4. The fourth-order valence-electron chi connectivity index (χ4n) is 3.63. The van der Waals surface area contributed by atoms with E-state index in [0.29, 0.717) is 22.8 Å². The van der Waals surface area contributed by atoms with Crippen molar-refractivity contribution in [2.45, 2.75) is 0 Å². The summed E-state index contributed by atoms with van der Waals surface area (Å²) in [6.45, 7) is 0. The lowest BCUT2D eigenvalue weighted by Gasteiger charge is -2.10. The molecule has 2 aromatic heterocycles. The molecule has 0 spiro atoms. The topological polar surface area (TPSA) is 68.5 Å². The van der Waals surface area contributed by atoms with Gasteiger partial charge in [-0.2, -0.15) is 0 Å². The predicted molar refractivity (Wildman–Crippen MR) is 117 cm³/mol. The minimum atomic E-state index is -0.240. The average Bonchev–Trinajstić information content (AvgIpc) is 3.23. The van der Waals surface area contributed by atoms with Gasteiger partial charge in [-0.3, -0.25) is 9.20 Å². The summed E-state index contributed by atoms with van der Waals surface area (Å²) in [7, 11) is 1.62. The molecule has 0 aliphatic rings. The molecular formula is C24H18N4O2. The Morgan fingerprint density at radius 2 is 1.70 bits per heavy atom. The van der Waals surface area contributed by atoms with Gasteiger partial charge in [-0.05, 0) is 35.7 Å². The Balaban J connectivity index is 1.57. The third-order valence-corrected chi connectivity index (χ3v) is 5.07. The van der Waals surface area contributed by atoms with Crippen LogP contribution >= 0.6 is 0 Å². The van der Waals surface area contributed by atoms with Gasteiger partial charge < -0.3 is 10.1 Å². The van der Waals surface area contributed by atoms with Crippen LogP contribution < -0.4 is 10.1 Å². The number of nitrogens with one attached hydrogen (secondary N) is 1. The number of hydrogen-bond donors (Lipinski definition) is 1. The molecule has 3 aromatic carbocycles. The maximum absolute atomic E-state index is 13.1. The van der Waals surface area contributed by atoms with Crippen LogP contribution in [-0.4, -0.2) is 27.6 Å². The predicted octanol–water partition coefficient (Wildman–Crippen LogP) is 4.81. The van der Waals surface area contributed by atoms with Crippen LogP contribution in [0.2, 0.25) is 0 Å². The van der Waals surface area contributed by atoms with E-state index in [0.717, 1.165) is 22.0 Å². The highest BCUT2D eigenvalue weighted by Crippen LogP contribution is 2.29. The van der Waals surface area contributed by atoms with Crippen LogP contribution in [0.1, 0.15) is 10.4 Å². The third-order valence-electron chi connectivity index (χ3n) is 5.07. The first kappa shape index (κ1) is 17.9. The van der Waals surface area contributed by atoms with Gasteiger partial charge in [-0.1, -0.05) is 48.5 Å². The molecule has 0 aliphatic heterocycles. The molecule has 0 aliphatic carbocycles. The number of carbonyl (C=O) groups excluding carboxylic acids is 1. The number of fused-ring (bicyclic) bond motifs is 2. The van der Waals surface area contributed by atoms with Crippen molar-refractivity contribution >= 4 is 28.0 Å². The second-order valence-electron chi connectivity index (χ2n) is 6.82. The van der Waals surface area contributed by atoms with Gasteiger partial charge in [-0.15, -0.1) is 10.2 Å². The summed E-state index contributed by atoms with van der Waals surface area (Å²) < 4.78 is 7.26. The largest absolute Gasteiger partial charge is 0.496 e. The maximum Gasteiger partial charge on any atom is 0.259 e. The van der Waals surface area contributed by atoms with Crippen LogP contribution in [0.15, 0.2) is 85.1 Å². The van der Waals surface area contributed by atoms with Crippen molar-refractivity contribution < 1.29 is 9.53 Å². The number of methoxy groups -OCH3 is 1. The molecule has 5 rings (SSSR count). The van der Waals surface area contributed by atoms with Crippen LogP contribution in [0.5, 0.6) is 5.75 Å². The number of para-hydroxylation sites is 1. The monoisotopic (exact) mass is 394 g/mol. The Labute approximate surface area is 172 Å². The van der Waals surface area contributed by atoms with Gasteiger partial charge in [0, 0.05) is 17.3 Å². The number of rotatable bonds is 4. The lowest BCUT2D eigenvalue weighted by Crippen LogP contribution is -2.13. The lowest BCUT2D eigenvalue weighted by atomic mass is 10.1. The van der Waals surface area contributed by atoms with Crippen LogP contribution in [0, 0.1) is 0 Å². The first-order chi connectivity index (χ1) is 14.8. The normalized spacial score (nSPS) is 11.0. The number of pyridine rings is 1. The smallest absolute Gasteiger partial charge is 0.259 e. The molecule has 0 unspecified atom stereocenters. The summed E-state index contributed by atoms with van der Waals surface area (Å²) >= 11 is 0. The van der Waals surface area contributed by atoms with E-state index in [1.165, 1.54) is 0 Å². The molecule has 5 aromatic rings. The fraction of sp³-hybridized carbons (Fsp3) is 0.0417. The summed E-state index contributed by atoms with van der Waals surface area (Å²) in [6, 6.07) is 24.9. The molecule has 0 radical (unpaired) electrons. The van der Waals surface area contributed by atoms with E-state index in [-0.39, 0.29) is 5.91 Å². The van der Waals surface area contributed by atoms with Crippen molar-refractivity contribution in [2.75, 3.05) is 12.4 Å². The SMILES string of the molecule is COc1ccccc1-c1nnc2c(C(=O)Nc3cccc4ccccc34)cccn12. The van der Waals surface area contributed by atoms with Crippen LogP contribution in [0.3, 0.4) is 0 Å². The van der Waals surface area contributed by atoms with Crippen LogP contribution in [-0.2, 0) is 0 Å². The van der Waals surface area contributed by atoms with E-state index in [4.69, 9.17) is 4.74 Å². The second kappa shape index (κ2) is 7.33. The van der Waals surface area contributed by atoms with Crippen molar-refractivity contribution in [1.29, 1.82) is 0 Å². The highest BCUT2D eigenvalue weighted by Gasteiger charge is 2.18. The summed E-state index contributed by atoms with van der Waals surface area (Å²) in [4.78, 5) is 13.1. The number of carbonyl (C=O) groups is 1. The average molecular weight is 394 g/mol. The minimum absolute atomic E-state index is 0.240. The van der Waals surface area contributed by atoms with E-state index >= 15 is 0 Å². The summed E-state index contributed by atoms with van der Waals surface area (Å²) in [5.74, 6) is 1.07. The van der Waals surface area contributed by atoms with Gasteiger partial charge >= 0.3 is 0 Å². The Bertz CT molecular complexity index is 1390. The maximum atomic E-state index is 13.1. The van der Waals surface area contributed by atoms with Gasteiger partial charge in [0.25, 0.3) is 5.91 Å². The minimum Gasteiger partial charge on any atom is -0.496 e. The summed E-state index contributed by atoms with van der Waals surface area (Å²) in [6.07, 6.45) is 1.84. The second-order valence-corrected chi connectivity index (χ2v) is 6.82. The molecule has 6 heteroatoms. The van der Waals surface area contributed by atoms with Crippen molar-refractivity contribution in [1.82, 2.24) is 14.6 Å². The molecule has 30 heavy (non-hydrogen) atoms. The molecule has 146 valence electrons. The Hall–Kier alpha value is -4.19. The van der Waals surface area contributed by atoms with E-state index in [1.54, 1.807) is 17.6 Å². The van der Waals surface area contributed by atoms with Crippen molar-refractivity contribution in [3.63, 3.8) is 0 Å². The number of anilines is 1. The van der Waals surface area contributed by atoms with Crippen molar-refractivity contribution in [2.24, 2.45) is 0 Å². The van der Waals surface area contributed by atoms with E-state index < -0.39 is 0 Å². The lowest BCUT2D eigenvalue weighted by molar-refractivity contribution is 0.102. The highest BCUT2D eigenvalue weighted by molar-refractivity contribution is 6.11. The molecular weight excluding hydrogens is 376 g/mol. The number of benzene rings is 3. The van der Waals surface area contributed by atoms with Gasteiger partial charge in [0.05, 0.1) is 18.2 Å². The van der Waals surface area contributed by atoms with Gasteiger partial charge in [-0.25, -0.2) is 0 Å². The van der Waals surface area contributed by atoms with E-state index in [9.17, 15) is 4.79 Å². The molecule has 0 saturated heterocycles. The Morgan fingerprint density at radius 1 is 0.900 bits per heavy atom. The quantitative estimate of drug-likeness (QED) is 0.475. The summed E-state index contributed by atoms with van der Waals surface area (Å²) in [5.41, 5.74) is 2.49. The molecule has 2 heterocycles. The zero-order valence-electron chi connectivity index (χ0n) is 16.2. The third kappa shape index (κ3) is 2.95. The van der Waals surface area contributed by atoms with E-state index in [2.05, 4.69) is 15.5 Å². The number of ether oxygens (including phenoxy) is 1. The Kier molecular flexibility index (Phi) is 4.37. The van der Waals surface area contributed by atoms with Crippen molar-refractivity contribution in [3.8, 4) is 17.1 Å². The highest BCUT2D eigenvalue weighted by atomic mass is 16.5. The van der Waals surface area contributed by atoms with Crippen LogP contribution in [0.25, 0.3) is 27.8 Å². The number of aromatic nitrogens is 3. The number of amides is 1. The Morgan fingerprint density at radius 3 is 2.60 bits per heavy atom. The molecule has 0 fully saturated rings. The molecule has 1 N–H and O–H groups in total. The van der Waals surface area contributed by atoms with Crippen LogP contribution in [0.4, 0.5) is 5.69 Å². The molecule has 0 bridgehead atoms. The van der Waals surface area contributed by atoms with Crippen molar-refractivity contribution in [3.05, 3.63) is 90.6 Å². The molecule has 0 saturated carbocycles. The van der Waals surface area contributed by atoms with E-state index in [1.807, 2.05) is 79.0 Å². The molecule has 6 nitrogen and oxygen atoms in total. The standard InChI is InChI=1S/C24H18N4O2/c1-30-21-14-5-4-11-18(21)22-26-27-23-19(12-7-15-28(22)23)24(29)25-20-13-6-9-16-8-2-3-10-17(16)20/h2-15H,1H3,(H,25,29). The first-order valence-corrected chi connectivity index (χ1v) is 9.52. The number of nitrogens with zero attached hydrogens (tertiary/aromatic N) is 3. The fourth-order valence-corrected chi connectivity index (χ4v) is 3.63. The first-order valence-electron chi connectivity index (χ1n) is 9.52.